The summed E-state index contributed by atoms with van der Waals surface area (Å²) in [4.78, 5) is 10.1. The Morgan fingerprint density at radius 1 is 1.54 bits per heavy atom. The van der Waals surface area contributed by atoms with E-state index in [4.69, 9.17) is 10.8 Å². The summed E-state index contributed by atoms with van der Waals surface area (Å²) in [7, 11) is 0. The first-order chi connectivity index (χ1) is 5.73. The van der Waals surface area contributed by atoms with Gasteiger partial charge in [0, 0.05) is 6.04 Å². The number of nitrogens with two attached hydrogens (primary N) is 1. The van der Waals surface area contributed by atoms with E-state index in [-0.39, 0.29) is 6.42 Å². The van der Waals surface area contributed by atoms with Crippen molar-refractivity contribution in [3.8, 4) is 0 Å². The Morgan fingerprint density at radius 2 is 2.00 bits per heavy atom. The molecule has 0 aliphatic heterocycles. The van der Waals surface area contributed by atoms with Gasteiger partial charge >= 0.3 is 12.1 Å². The molecule has 0 saturated heterocycles. The molecule has 0 amide bonds. The van der Waals surface area contributed by atoms with Crippen molar-refractivity contribution in [2.45, 2.75) is 32.0 Å². The number of halogens is 3. The molecule has 3 N–H and O–H groups in total. The summed E-state index contributed by atoms with van der Waals surface area (Å²) in [5.41, 5.74) is 5.19. The Morgan fingerprint density at radius 3 is 2.31 bits per heavy atom. The largest absolute Gasteiger partial charge is 0.481 e. The fourth-order valence-electron chi connectivity index (χ4n) is 0.895. The fourth-order valence-corrected chi connectivity index (χ4v) is 0.895. The third kappa shape index (κ3) is 5.46. The molecule has 0 fully saturated rings. The first kappa shape index (κ1) is 12.2. The average molecular weight is 199 g/mol. The van der Waals surface area contributed by atoms with Gasteiger partial charge in [-0.15, -0.1) is 0 Å². The summed E-state index contributed by atoms with van der Waals surface area (Å²) in [5.74, 6) is -2.73. The van der Waals surface area contributed by atoms with Crippen LogP contribution in [0.5, 0.6) is 0 Å². The van der Waals surface area contributed by atoms with Crippen LogP contribution in [0.1, 0.15) is 19.8 Å². The molecule has 2 unspecified atom stereocenters. The van der Waals surface area contributed by atoms with Crippen LogP contribution in [0, 0.1) is 5.92 Å². The van der Waals surface area contributed by atoms with Crippen LogP contribution in [0.3, 0.4) is 0 Å². The van der Waals surface area contributed by atoms with Gasteiger partial charge in [-0.3, -0.25) is 4.79 Å². The third-order valence-electron chi connectivity index (χ3n) is 1.65. The van der Waals surface area contributed by atoms with Gasteiger partial charge in [0.25, 0.3) is 0 Å². The van der Waals surface area contributed by atoms with Crippen LogP contribution in [0.2, 0.25) is 0 Å². The van der Waals surface area contributed by atoms with Crippen molar-refractivity contribution >= 4 is 5.97 Å². The lowest BCUT2D eigenvalue weighted by Crippen LogP contribution is -2.31. The maximum Gasteiger partial charge on any atom is 0.391 e. The average Bonchev–Trinajstić information content (AvgIpc) is 1.82. The monoisotopic (exact) mass is 199 g/mol. The maximum absolute atomic E-state index is 11.9. The van der Waals surface area contributed by atoms with Crippen LogP contribution < -0.4 is 5.73 Å². The van der Waals surface area contributed by atoms with E-state index < -0.39 is 30.5 Å². The number of hydrogen-bond donors (Lipinski definition) is 2. The van der Waals surface area contributed by atoms with Crippen LogP contribution in [-0.4, -0.2) is 23.3 Å². The molecule has 0 bridgehead atoms. The number of aliphatic carboxylic acids is 1. The summed E-state index contributed by atoms with van der Waals surface area (Å²) in [6.45, 7) is 0.988. The number of carbonyl (C=O) groups is 1. The normalized spacial score (nSPS) is 16.7. The van der Waals surface area contributed by atoms with Crippen molar-refractivity contribution in [2.75, 3.05) is 0 Å². The first-order valence-corrected chi connectivity index (χ1v) is 3.77. The van der Waals surface area contributed by atoms with Gasteiger partial charge in [-0.05, 0) is 6.42 Å². The second-order valence-corrected chi connectivity index (χ2v) is 3.04. The van der Waals surface area contributed by atoms with Crippen molar-refractivity contribution in [3.05, 3.63) is 0 Å². The Hall–Kier alpha value is -0.780. The van der Waals surface area contributed by atoms with Crippen LogP contribution >= 0.6 is 0 Å². The standard InChI is InChI=1S/C7H12F3NO2/c1-4(7(8,9)10)2-5(11)3-6(12)13/h4-5H,2-3,11H2,1H3,(H,12,13). The predicted molar refractivity (Wildman–Crippen MR) is 40.1 cm³/mol. The van der Waals surface area contributed by atoms with Crippen LogP contribution in [-0.2, 0) is 4.79 Å². The predicted octanol–water partition coefficient (Wildman–Crippen LogP) is 1.38. The minimum Gasteiger partial charge on any atom is -0.481 e. The Balaban J connectivity index is 3.92. The molecule has 0 aromatic heterocycles. The highest BCUT2D eigenvalue weighted by Crippen LogP contribution is 2.29. The van der Waals surface area contributed by atoms with Crippen molar-refractivity contribution in [2.24, 2.45) is 11.7 Å². The fraction of sp³-hybridized carbons (Fsp3) is 0.857. The summed E-state index contributed by atoms with van der Waals surface area (Å²) < 4.78 is 35.8. The zero-order chi connectivity index (χ0) is 10.6. The lowest BCUT2D eigenvalue weighted by molar-refractivity contribution is -0.172. The van der Waals surface area contributed by atoms with E-state index in [0.29, 0.717) is 0 Å². The third-order valence-corrected chi connectivity index (χ3v) is 1.65. The van der Waals surface area contributed by atoms with Gasteiger partial charge in [-0.2, -0.15) is 13.2 Å². The maximum atomic E-state index is 11.9. The number of carboxylic acids is 1. The molecule has 0 aliphatic carbocycles. The van der Waals surface area contributed by atoms with E-state index in [0.717, 1.165) is 6.92 Å². The highest BCUT2D eigenvalue weighted by molar-refractivity contribution is 5.67. The highest BCUT2D eigenvalue weighted by atomic mass is 19.4. The summed E-state index contributed by atoms with van der Waals surface area (Å²) in [6, 6.07) is -0.936. The molecule has 0 radical (unpaired) electrons. The van der Waals surface area contributed by atoms with Crippen LogP contribution in [0.15, 0.2) is 0 Å². The molecule has 6 heteroatoms. The van der Waals surface area contributed by atoms with Gasteiger partial charge in [0.15, 0.2) is 0 Å². The number of alkyl halides is 3. The van der Waals surface area contributed by atoms with Crippen molar-refractivity contribution < 1.29 is 23.1 Å². The number of hydrogen-bond acceptors (Lipinski definition) is 2. The lowest BCUT2D eigenvalue weighted by atomic mass is 10.00. The molecule has 0 saturated carbocycles. The van der Waals surface area contributed by atoms with Gasteiger partial charge in [0.05, 0.1) is 12.3 Å². The molecule has 0 aliphatic rings. The van der Waals surface area contributed by atoms with E-state index in [2.05, 4.69) is 0 Å². The molecule has 0 aromatic carbocycles. The Kier molecular flexibility index (Phi) is 4.19. The van der Waals surface area contributed by atoms with Crippen molar-refractivity contribution in [3.63, 3.8) is 0 Å². The minimum atomic E-state index is -4.30. The first-order valence-electron chi connectivity index (χ1n) is 3.77. The van der Waals surface area contributed by atoms with E-state index >= 15 is 0 Å². The van der Waals surface area contributed by atoms with Gasteiger partial charge in [0.2, 0.25) is 0 Å². The van der Waals surface area contributed by atoms with Gasteiger partial charge < -0.3 is 10.8 Å². The van der Waals surface area contributed by atoms with Crippen molar-refractivity contribution in [1.29, 1.82) is 0 Å². The zero-order valence-corrected chi connectivity index (χ0v) is 7.14. The summed E-state index contributed by atoms with van der Waals surface area (Å²) >= 11 is 0. The summed E-state index contributed by atoms with van der Waals surface area (Å²) in [6.07, 6.45) is -5.08. The SMILES string of the molecule is CC(CC(N)CC(=O)O)C(F)(F)F. The topological polar surface area (TPSA) is 63.3 Å². The lowest BCUT2D eigenvalue weighted by Gasteiger charge is -2.18. The smallest absolute Gasteiger partial charge is 0.391 e. The van der Waals surface area contributed by atoms with Gasteiger partial charge in [-0.25, -0.2) is 0 Å². The molecular formula is C7H12F3NO2. The van der Waals surface area contributed by atoms with E-state index in [1.807, 2.05) is 0 Å². The minimum absolute atomic E-state index is 0.351. The highest BCUT2D eigenvalue weighted by Gasteiger charge is 2.36. The second kappa shape index (κ2) is 4.45. The quantitative estimate of drug-likeness (QED) is 0.718. The molecule has 0 aromatic rings. The zero-order valence-electron chi connectivity index (χ0n) is 7.14. The van der Waals surface area contributed by atoms with Crippen LogP contribution in [0.4, 0.5) is 13.2 Å². The molecule has 3 nitrogen and oxygen atoms in total. The van der Waals surface area contributed by atoms with E-state index in [1.165, 1.54) is 0 Å². The number of rotatable bonds is 4. The molecule has 0 heterocycles. The molecule has 0 spiro atoms. The molecule has 0 rings (SSSR count). The van der Waals surface area contributed by atoms with Gasteiger partial charge in [0.1, 0.15) is 0 Å². The second-order valence-electron chi connectivity index (χ2n) is 3.04. The Bertz CT molecular complexity index is 181. The van der Waals surface area contributed by atoms with Crippen molar-refractivity contribution in [1.82, 2.24) is 0 Å². The number of carboxylic acid groups (broad SMARTS) is 1. The molecule has 2 atom stereocenters. The van der Waals surface area contributed by atoms with E-state index in [1.54, 1.807) is 0 Å². The van der Waals surface area contributed by atoms with Crippen LogP contribution in [0.25, 0.3) is 0 Å². The summed E-state index contributed by atoms with van der Waals surface area (Å²) in [5, 5.41) is 8.24. The molecular weight excluding hydrogens is 187 g/mol. The van der Waals surface area contributed by atoms with E-state index in [9.17, 15) is 18.0 Å². The van der Waals surface area contributed by atoms with Gasteiger partial charge in [-0.1, -0.05) is 6.92 Å². The molecule has 78 valence electrons. The molecule has 13 heavy (non-hydrogen) atoms. The Labute approximate surface area is 73.7 Å².